The molecule has 41 heavy (non-hydrogen) atoms. The lowest BCUT2D eigenvalue weighted by Gasteiger charge is -2.32. The van der Waals surface area contributed by atoms with Crippen molar-refractivity contribution < 1.29 is 13.9 Å². The molecular formula is C31H37FN6O3. The second-order valence-electron chi connectivity index (χ2n) is 12.1. The molecule has 0 N–H and O–H groups in total. The highest BCUT2D eigenvalue weighted by atomic mass is 19.1. The van der Waals surface area contributed by atoms with E-state index in [9.17, 15) is 4.79 Å². The maximum Gasteiger partial charge on any atom is 0.330 e. The van der Waals surface area contributed by atoms with Crippen molar-refractivity contribution in [3.8, 4) is 11.1 Å². The Morgan fingerprint density at radius 3 is 2.61 bits per heavy atom. The van der Waals surface area contributed by atoms with Crippen LogP contribution in [0.25, 0.3) is 33.2 Å². The van der Waals surface area contributed by atoms with E-state index in [4.69, 9.17) is 9.47 Å². The molecule has 3 fully saturated rings. The molecule has 3 aromatic heterocycles. The quantitative estimate of drug-likeness (QED) is 0.321. The molecule has 1 saturated carbocycles. The standard InChI is InChI=1S/C31H37FN6O3/c1-20(41-16-13-37-11-9-31(7-8-31)10-12-37)26-4-3-21(19-33-26)23-17-24-27(18-25(23)32)34-35-29-28(24)38(30(39)36(29)2)22-5-14-40-15-6-22/h3-4,17-20,22H,5-16H2,1-2H3/t20-/m1/s1. The molecule has 216 valence electrons. The second-order valence-corrected chi connectivity index (χ2v) is 12.1. The number of piperidine rings is 1. The Hall–Kier alpha value is -3.21. The third-order valence-corrected chi connectivity index (χ3v) is 9.58. The Balaban J connectivity index is 1.12. The highest BCUT2D eigenvalue weighted by Crippen LogP contribution is 2.53. The van der Waals surface area contributed by atoms with Gasteiger partial charge in [0.1, 0.15) is 11.3 Å². The summed E-state index contributed by atoms with van der Waals surface area (Å²) in [5.41, 5.74) is 4.01. The van der Waals surface area contributed by atoms with Crippen LogP contribution >= 0.6 is 0 Å². The molecule has 1 aliphatic carbocycles. The molecular weight excluding hydrogens is 523 g/mol. The Labute approximate surface area is 238 Å². The molecule has 1 spiro atoms. The van der Waals surface area contributed by atoms with Crippen molar-refractivity contribution in [2.45, 2.75) is 57.6 Å². The van der Waals surface area contributed by atoms with Crippen LogP contribution in [0.15, 0.2) is 35.3 Å². The van der Waals surface area contributed by atoms with E-state index in [2.05, 4.69) is 20.1 Å². The zero-order valence-corrected chi connectivity index (χ0v) is 23.8. The fourth-order valence-electron chi connectivity index (χ4n) is 6.60. The maximum absolute atomic E-state index is 15.4. The van der Waals surface area contributed by atoms with Crippen LogP contribution in [0.2, 0.25) is 0 Å². The Morgan fingerprint density at radius 2 is 1.90 bits per heavy atom. The summed E-state index contributed by atoms with van der Waals surface area (Å²) in [5.74, 6) is -0.407. The number of fused-ring (bicyclic) bond motifs is 3. The van der Waals surface area contributed by atoms with Crippen molar-refractivity contribution >= 4 is 22.1 Å². The largest absolute Gasteiger partial charge is 0.381 e. The molecule has 2 saturated heterocycles. The fourth-order valence-corrected chi connectivity index (χ4v) is 6.60. The van der Waals surface area contributed by atoms with Gasteiger partial charge in [0.05, 0.1) is 23.9 Å². The SMILES string of the molecule is C[C@@H](OCCN1CCC2(CC1)CC2)c1ccc(-c2cc3c(cc2F)nnc2c3n(C3CCOCC3)c(=O)n2C)cn1. The van der Waals surface area contributed by atoms with Crippen LogP contribution in [0, 0.1) is 11.2 Å². The predicted octanol–water partition coefficient (Wildman–Crippen LogP) is 4.79. The van der Waals surface area contributed by atoms with Crippen LogP contribution in [0.5, 0.6) is 0 Å². The number of likely N-dealkylation sites (tertiary alicyclic amines) is 1. The van der Waals surface area contributed by atoms with Gasteiger partial charge >= 0.3 is 5.69 Å². The molecule has 10 heteroatoms. The second kappa shape index (κ2) is 10.6. The lowest BCUT2D eigenvalue weighted by molar-refractivity contribution is 0.0372. The molecule has 2 aliphatic heterocycles. The molecule has 5 heterocycles. The van der Waals surface area contributed by atoms with Crippen molar-refractivity contribution in [2.75, 3.05) is 39.5 Å². The van der Waals surface area contributed by atoms with Gasteiger partial charge < -0.3 is 14.4 Å². The number of benzene rings is 1. The highest BCUT2D eigenvalue weighted by Gasteiger charge is 2.44. The number of hydrogen-bond donors (Lipinski definition) is 0. The first-order chi connectivity index (χ1) is 19.9. The molecule has 0 amide bonds. The van der Waals surface area contributed by atoms with Gasteiger partial charge in [-0.2, -0.15) is 0 Å². The molecule has 1 aromatic carbocycles. The van der Waals surface area contributed by atoms with Gasteiger partial charge in [0.2, 0.25) is 0 Å². The summed E-state index contributed by atoms with van der Waals surface area (Å²) in [6.45, 7) is 7.17. The Morgan fingerprint density at radius 1 is 1.12 bits per heavy atom. The van der Waals surface area contributed by atoms with E-state index < -0.39 is 5.82 Å². The normalized spacial score (nSPS) is 20.3. The van der Waals surface area contributed by atoms with E-state index in [0.29, 0.717) is 58.4 Å². The number of ether oxygens (including phenoxy) is 2. The number of hydrogen-bond acceptors (Lipinski definition) is 7. The van der Waals surface area contributed by atoms with Crippen LogP contribution in [-0.4, -0.2) is 68.7 Å². The van der Waals surface area contributed by atoms with Crippen LogP contribution in [0.4, 0.5) is 4.39 Å². The molecule has 7 rings (SSSR count). The Bertz CT molecular complexity index is 1630. The lowest BCUT2D eigenvalue weighted by atomic mass is 9.94. The lowest BCUT2D eigenvalue weighted by Crippen LogP contribution is -2.36. The zero-order valence-electron chi connectivity index (χ0n) is 23.8. The number of aryl methyl sites for hydroxylation is 1. The number of nitrogens with zero attached hydrogens (tertiary/aromatic N) is 6. The number of aromatic nitrogens is 5. The molecule has 9 nitrogen and oxygen atoms in total. The summed E-state index contributed by atoms with van der Waals surface area (Å²) in [4.78, 5) is 20.4. The van der Waals surface area contributed by atoms with Crippen molar-refractivity contribution in [3.05, 3.63) is 52.5 Å². The zero-order chi connectivity index (χ0) is 28.1. The van der Waals surface area contributed by atoms with Crippen LogP contribution in [0.3, 0.4) is 0 Å². The third kappa shape index (κ3) is 4.96. The van der Waals surface area contributed by atoms with Gasteiger partial charge in [0.25, 0.3) is 0 Å². The summed E-state index contributed by atoms with van der Waals surface area (Å²) in [5, 5.41) is 9.24. The third-order valence-electron chi connectivity index (χ3n) is 9.58. The molecule has 1 atom stereocenters. The van der Waals surface area contributed by atoms with Crippen molar-refractivity contribution in [3.63, 3.8) is 0 Å². The predicted molar refractivity (Wildman–Crippen MR) is 154 cm³/mol. The van der Waals surface area contributed by atoms with Gasteiger partial charge in [0.15, 0.2) is 5.65 Å². The summed E-state index contributed by atoms with van der Waals surface area (Å²) >= 11 is 0. The van der Waals surface area contributed by atoms with E-state index in [1.165, 1.54) is 49.4 Å². The average molecular weight is 561 g/mol. The molecule has 0 unspecified atom stereocenters. The van der Waals surface area contributed by atoms with E-state index in [1.807, 2.05) is 19.1 Å². The number of rotatable bonds is 7. The topological polar surface area (TPSA) is 87.3 Å². The molecule has 0 radical (unpaired) electrons. The van der Waals surface area contributed by atoms with Crippen LogP contribution in [-0.2, 0) is 16.5 Å². The van der Waals surface area contributed by atoms with E-state index >= 15 is 4.39 Å². The van der Waals surface area contributed by atoms with Crippen molar-refractivity contribution in [1.82, 2.24) is 29.2 Å². The first-order valence-corrected chi connectivity index (χ1v) is 14.9. The number of halogens is 1. The number of imidazole rings is 1. The molecule has 0 bridgehead atoms. The Kier molecular flexibility index (Phi) is 6.87. The summed E-state index contributed by atoms with van der Waals surface area (Å²) in [6, 6.07) is 6.95. The van der Waals surface area contributed by atoms with Gasteiger partial charge in [-0.25, -0.2) is 9.18 Å². The van der Waals surface area contributed by atoms with Gasteiger partial charge in [-0.05, 0) is 76.1 Å². The van der Waals surface area contributed by atoms with Gasteiger partial charge in [-0.15, -0.1) is 10.2 Å². The van der Waals surface area contributed by atoms with Gasteiger partial charge in [-0.3, -0.25) is 14.1 Å². The smallest absolute Gasteiger partial charge is 0.330 e. The summed E-state index contributed by atoms with van der Waals surface area (Å²) in [6.07, 6.45) is 8.50. The summed E-state index contributed by atoms with van der Waals surface area (Å²) in [7, 11) is 1.70. The van der Waals surface area contributed by atoms with Crippen LogP contribution < -0.4 is 5.69 Å². The highest BCUT2D eigenvalue weighted by molar-refractivity contribution is 6.02. The molecule has 4 aromatic rings. The van der Waals surface area contributed by atoms with E-state index in [-0.39, 0.29) is 17.8 Å². The number of pyridine rings is 1. The average Bonchev–Trinajstić information content (AvgIpc) is 3.71. The van der Waals surface area contributed by atoms with Gasteiger partial charge in [0, 0.05) is 61.6 Å². The fraction of sp³-hybridized carbons (Fsp3) is 0.548. The monoisotopic (exact) mass is 560 g/mol. The molecule has 3 aliphatic rings. The van der Waals surface area contributed by atoms with E-state index in [0.717, 1.165) is 25.1 Å². The van der Waals surface area contributed by atoms with Gasteiger partial charge in [-0.1, -0.05) is 6.07 Å². The van der Waals surface area contributed by atoms with Crippen LogP contribution in [0.1, 0.15) is 63.3 Å². The maximum atomic E-state index is 15.4. The van der Waals surface area contributed by atoms with E-state index in [1.54, 1.807) is 23.9 Å². The van der Waals surface area contributed by atoms with Crippen molar-refractivity contribution in [1.29, 1.82) is 0 Å². The minimum atomic E-state index is -0.407. The minimum absolute atomic E-state index is 0.00644. The first-order valence-electron chi connectivity index (χ1n) is 14.9. The van der Waals surface area contributed by atoms with Crippen molar-refractivity contribution in [2.24, 2.45) is 12.5 Å². The first kappa shape index (κ1) is 26.7. The minimum Gasteiger partial charge on any atom is -0.381 e. The summed E-state index contributed by atoms with van der Waals surface area (Å²) < 4.78 is 30.3.